The summed E-state index contributed by atoms with van der Waals surface area (Å²) in [6.45, 7) is 0.256. The standard InChI is InChI=1S/C22H18ClF3N2O3S/c23-19-6-4-16-14-20(7-5-15(16)13-19)32(30,31)28-10-8-27(9-11-28)21(29)17-2-1-3-18(12-17)22(24,25)26/h1-7,12-14H,8-11H2. The lowest BCUT2D eigenvalue weighted by Gasteiger charge is -2.34. The van der Waals surface area contributed by atoms with Crippen LogP contribution in [0.25, 0.3) is 10.8 Å². The molecule has 0 aromatic heterocycles. The van der Waals surface area contributed by atoms with Crippen molar-refractivity contribution in [3.63, 3.8) is 0 Å². The highest BCUT2D eigenvalue weighted by atomic mass is 35.5. The summed E-state index contributed by atoms with van der Waals surface area (Å²) in [4.78, 5) is 14.2. The van der Waals surface area contributed by atoms with Gasteiger partial charge in [-0.2, -0.15) is 17.5 Å². The fourth-order valence-electron chi connectivity index (χ4n) is 3.65. The monoisotopic (exact) mass is 482 g/mol. The van der Waals surface area contributed by atoms with Crippen molar-refractivity contribution >= 4 is 38.3 Å². The van der Waals surface area contributed by atoms with Gasteiger partial charge >= 0.3 is 6.18 Å². The minimum Gasteiger partial charge on any atom is -0.336 e. The molecule has 0 radical (unpaired) electrons. The Morgan fingerprint density at radius 2 is 1.53 bits per heavy atom. The number of hydrogen-bond acceptors (Lipinski definition) is 3. The molecule has 1 heterocycles. The number of hydrogen-bond donors (Lipinski definition) is 0. The van der Waals surface area contributed by atoms with Crippen LogP contribution in [0.15, 0.2) is 65.6 Å². The van der Waals surface area contributed by atoms with Gasteiger partial charge in [-0.1, -0.05) is 29.8 Å². The number of halogens is 4. The Morgan fingerprint density at radius 1 is 0.875 bits per heavy atom. The number of alkyl halides is 3. The van der Waals surface area contributed by atoms with Gasteiger partial charge in [0.2, 0.25) is 10.0 Å². The highest BCUT2D eigenvalue weighted by Gasteiger charge is 2.33. The zero-order valence-electron chi connectivity index (χ0n) is 16.6. The molecule has 0 bridgehead atoms. The molecule has 1 saturated heterocycles. The largest absolute Gasteiger partial charge is 0.416 e. The summed E-state index contributed by atoms with van der Waals surface area (Å²) < 4.78 is 66.2. The molecular formula is C22H18ClF3N2O3S. The average Bonchev–Trinajstić information content (AvgIpc) is 2.77. The molecule has 0 spiro atoms. The number of piperazine rings is 1. The first-order valence-electron chi connectivity index (χ1n) is 9.72. The van der Waals surface area contributed by atoms with Crippen LogP contribution in [-0.4, -0.2) is 49.7 Å². The quantitative estimate of drug-likeness (QED) is 0.545. The lowest BCUT2D eigenvalue weighted by molar-refractivity contribution is -0.137. The number of carbonyl (C=O) groups excluding carboxylic acids is 1. The minimum absolute atomic E-state index is 0.0473. The van der Waals surface area contributed by atoms with Crippen molar-refractivity contribution in [2.45, 2.75) is 11.1 Å². The molecule has 3 aromatic carbocycles. The Labute approximate surface area is 188 Å². The Balaban J connectivity index is 1.48. The maximum atomic E-state index is 13.1. The van der Waals surface area contributed by atoms with Crippen molar-refractivity contribution in [3.8, 4) is 0 Å². The number of sulfonamides is 1. The first-order valence-corrected chi connectivity index (χ1v) is 11.5. The fraction of sp³-hybridized carbons (Fsp3) is 0.227. The van der Waals surface area contributed by atoms with Crippen LogP contribution in [0.3, 0.4) is 0 Å². The summed E-state index contributed by atoms with van der Waals surface area (Å²) >= 11 is 5.97. The van der Waals surface area contributed by atoms with Crippen molar-refractivity contribution < 1.29 is 26.4 Å². The molecule has 32 heavy (non-hydrogen) atoms. The van der Waals surface area contributed by atoms with Crippen LogP contribution >= 0.6 is 11.6 Å². The average molecular weight is 483 g/mol. The van der Waals surface area contributed by atoms with Gasteiger partial charge in [-0.15, -0.1) is 0 Å². The van der Waals surface area contributed by atoms with E-state index in [0.717, 1.165) is 22.9 Å². The molecule has 1 fully saturated rings. The van der Waals surface area contributed by atoms with Crippen LogP contribution in [0.4, 0.5) is 13.2 Å². The Kier molecular flexibility index (Phi) is 5.91. The van der Waals surface area contributed by atoms with Crippen LogP contribution in [0.2, 0.25) is 5.02 Å². The van der Waals surface area contributed by atoms with Crippen LogP contribution < -0.4 is 0 Å². The van der Waals surface area contributed by atoms with Gasteiger partial charge in [-0.3, -0.25) is 4.79 Å². The van der Waals surface area contributed by atoms with E-state index < -0.39 is 27.7 Å². The van der Waals surface area contributed by atoms with E-state index in [0.29, 0.717) is 5.02 Å². The first kappa shape index (κ1) is 22.6. The fourth-order valence-corrected chi connectivity index (χ4v) is 5.29. The molecule has 1 amide bonds. The summed E-state index contributed by atoms with van der Waals surface area (Å²) in [5, 5.41) is 2.09. The van der Waals surface area contributed by atoms with Gasteiger partial charge < -0.3 is 4.90 Å². The summed E-state index contributed by atoms with van der Waals surface area (Å²) in [6.07, 6.45) is -4.55. The molecule has 4 rings (SSSR count). The summed E-state index contributed by atoms with van der Waals surface area (Å²) in [5.74, 6) is -0.560. The van der Waals surface area contributed by atoms with Crippen LogP contribution in [-0.2, 0) is 16.2 Å². The van der Waals surface area contributed by atoms with E-state index in [-0.39, 0.29) is 36.6 Å². The molecular weight excluding hydrogens is 465 g/mol. The first-order chi connectivity index (χ1) is 15.1. The molecule has 5 nitrogen and oxygen atoms in total. The molecule has 1 aliphatic rings. The number of fused-ring (bicyclic) bond motifs is 1. The minimum atomic E-state index is -4.55. The second-order valence-electron chi connectivity index (χ2n) is 7.43. The third kappa shape index (κ3) is 4.46. The molecule has 1 aliphatic heterocycles. The van der Waals surface area contributed by atoms with E-state index in [9.17, 15) is 26.4 Å². The van der Waals surface area contributed by atoms with E-state index >= 15 is 0 Å². The molecule has 0 aliphatic carbocycles. The number of carbonyl (C=O) groups is 1. The van der Waals surface area contributed by atoms with Gasteiger partial charge in [0.15, 0.2) is 0 Å². The summed E-state index contributed by atoms with van der Waals surface area (Å²) in [5.41, 5.74) is -0.980. The van der Waals surface area contributed by atoms with Gasteiger partial charge in [-0.25, -0.2) is 8.42 Å². The Hall–Kier alpha value is -2.62. The van der Waals surface area contributed by atoms with Gasteiger partial charge in [0.05, 0.1) is 10.5 Å². The smallest absolute Gasteiger partial charge is 0.336 e. The number of nitrogens with zero attached hydrogens (tertiary/aromatic N) is 2. The number of benzene rings is 3. The summed E-state index contributed by atoms with van der Waals surface area (Å²) in [6, 6.07) is 14.1. The van der Waals surface area contributed by atoms with Crippen molar-refractivity contribution in [2.24, 2.45) is 0 Å². The molecule has 0 atom stereocenters. The zero-order chi connectivity index (χ0) is 23.1. The van der Waals surface area contributed by atoms with E-state index in [1.165, 1.54) is 27.4 Å². The molecule has 0 unspecified atom stereocenters. The van der Waals surface area contributed by atoms with E-state index in [4.69, 9.17) is 11.6 Å². The van der Waals surface area contributed by atoms with E-state index in [1.54, 1.807) is 30.3 Å². The third-order valence-electron chi connectivity index (χ3n) is 5.37. The van der Waals surface area contributed by atoms with Crippen molar-refractivity contribution in [2.75, 3.05) is 26.2 Å². The van der Waals surface area contributed by atoms with Gasteiger partial charge in [0.25, 0.3) is 5.91 Å². The second kappa shape index (κ2) is 8.38. The van der Waals surface area contributed by atoms with Gasteiger partial charge in [0, 0.05) is 36.8 Å². The van der Waals surface area contributed by atoms with Gasteiger partial charge in [0.1, 0.15) is 0 Å². The van der Waals surface area contributed by atoms with Crippen LogP contribution in [0.1, 0.15) is 15.9 Å². The van der Waals surface area contributed by atoms with Gasteiger partial charge in [-0.05, 0) is 53.2 Å². The lowest BCUT2D eigenvalue weighted by atomic mass is 10.1. The van der Waals surface area contributed by atoms with Crippen molar-refractivity contribution in [3.05, 3.63) is 76.8 Å². The highest BCUT2D eigenvalue weighted by molar-refractivity contribution is 7.89. The summed E-state index contributed by atoms with van der Waals surface area (Å²) in [7, 11) is -3.79. The topological polar surface area (TPSA) is 57.7 Å². The normalized spacial score (nSPS) is 15.8. The number of rotatable bonds is 3. The molecule has 0 N–H and O–H groups in total. The molecule has 3 aromatic rings. The second-order valence-corrected chi connectivity index (χ2v) is 9.80. The molecule has 10 heteroatoms. The third-order valence-corrected chi connectivity index (χ3v) is 7.50. The maximum absolute atomic E-state index is 13.1. The predicted octanol–water partition coefficient (Wildman–Crippen LogP) is 4.66. The van der Waals surface area contributed by atoms with Crippen molar-refractivity contribution in [1.29, 1.82) is 0 Å². The highest BCUT2D eigenvalue weighted by Crippen LogP contribution is 2.30. The maximum Gasteiger partial charge on any atom is 0.416 e. The zero-order valence-corrected chi connectivity index (χ0v) is 18.2. The van der Waals surface area contributed by atoms with Crippen molar-refractivity contribution in [1.82, 2.24) is 9.21 Å². The number of amides is 1. The Bertz CT molecular complexity index is 1290. The molecule has 168 valence electrons. The van der Waals surface area contributed by atoms with Crippen LogP contribution in [0, 0.1) is 0 Å². The van der Waals surface area contributed by atoms with E-state index in [2.05, 4.69) is 0 Å². The Morgan fingerprint density at radius 3 is 2.22 bits per heavy atom. The SMILES string of the molecule is O=C(c1cccc(C(F)(F)F)c1)N1CCN(S(=O)(=O)c2ccc3cc(Cl)ccc3c2)CC1. The van der Waals surface area contributed by atoms with Crippen LogP contribution in [0.5, 0.6) is 0 Å². The predicted molar refractivity (Wildman–Crippen MR) is 115 cm³/mol. The lowest BCUT2D eigenvalue weighted by Crippen LogP contribution is -2.50. The molecule has 0 saturated carbocycles. The van der Waals surface area contributed by atoms with E-state index in [1.807, 2.05) is 0 Å².